The first-order chi connectivity index (χ1) is 6.81. The molecule has 4 unspecified atom stereocenters. The number of hydrogen-bond donors (Lipinski definition) is 1. The van der Waals surface area contributed by atoms with Crippen LogP contribution in [-0.2, 0) is 0 Å². The molecule has 1 N–H and O–H groups in total. The van der Waals surface area contributed by atoms with Crippen LogP contribution in [0.25, 0.3) is 0 Å². The van der Waals surface area contributed by atoms with Crippen LogP contribution in [0, 0.1) is 23.2 Å². The average Bonchev–Trinajstić information content (AvgIpc) is 2.15. The highest BCUT2D eigenvalue weighted by Gasteiger charge is 2.48. The lowest BCUT2D eigenvalue weighted by atomic mass is 9.51. The van der Waals surface area contributed by atoms with E-state index in [9.17, 15) is 0 Å². The van der Waals surface area contributed by atoms with Crippen molar-refractivity contribution in [3.8, 4) is 0 Å². The zero-order valence-electron chi connectivity index (χ0n) is 9.39. The molecule has 3 saturated carbocycles. The Morgan fingerprint density at radius 3 is 2.93 bits per heavy atom. The van der Waals surface area contributed by atoms with Crippen LogP contribution < -0.4 is 5.32 Å². The van der Waals surface area contributed by atoms with Crippen molar-refractivity contribution in [2.24, 2.45) is 23.2 Å². The normalized spacial score (nSPS) is 50.8. The van der Waals surface area contributed by atoms with Crippen molar-refractivity contribution in [1.29, 1.82) is 0 Å². The van der Waals surface area contributed by atoms with E-state index < -0.39 is 0 Å². The fraction of sp³-hybridized carbons (Fsp3) is 1.00. The van der Waals surface area contributed by atoms with Crippen molar-refractivity contribution in [3.05, 3.63) is 0 Å². The molecule has 3 rings (SSSR count). The lowest BCUT2D eigenvalue weighted by Gasteiger charge is -2.55. The van der Waals surface area contributed by atoms with Gasteiger partial charge >= 0.3 is 0 Å². The van der Waals surface area contributed by atoms with E-state index in [0.717, 1.165) is 23.2 Å². The van der Waals surface area contributed by atoms with Crippen LogP contribution in [0.2, 0.25) is 0 Å². The van der Waals surface area contributed by atoms with Gasteiger partial charge in [-0.15, -0.1) is 0 Å². The van der Waals surface area contributed by atoms with E-state index in [1.54, 1.807) is 32.1 Å². The Bertz CT molecular complexity index is 221. The monoisotopic (exact) mass is 193 g/mol. The molecule has 0 amide bonds. The molecular formula is C13H23N. The lowest BCUT2D eigenvalue weighted by Crippen LogP contribution is -2.48. The Morgan fingerprint density at radius 1 is 1.14 bits per heavy atom. The number of fused-ring (bicyclic) bond motifs is 2. The molecule has 3 aliphatic rings. The summed E-state index contributed by atoms with van der Waals surface area (Å²) < 4.78 is 0. The van der Waals surface area contributed by atoms with Gasteiger partial charge in [-0.05, 0) is 68.7 Å². The van der Waals surface area contributed by atoms with E-state index in [4.69, 9.17) is 0 Å². The number of hydrogen-bond acceptors (Lipinski definition) is 1. The third-order valence-corrected chi connectivity index (χ3v) is 5.26. The van der Waals surface area contributed by atoms with Crippen LogP contribution in [0.5, 0.6) is 0 Å². The van der Waals surface area contributed by atoms with E-state index in [0.29, 0.717) is 0 Å². The molecule has 0 radical (unpaired) electrons. The molecule has 3 aliphatic carbocycles. The fourth-order valence-electron chi connectivity index (χ4n) is 4.79. The molecule has 1 nitrogen and oxygen atoms in total. The summed E-state index contributed by atoms with van der Waals surface area (Å²) in [6.45, 7) is 1.28. The summed E-state index contributed by atoms with van der Waals surface area (Å²) in [5, 5.41) is 3.44. The van der Waals surface area contributed by atoms with Gasteiger partial charge in [-0.3, -0.25) is 0 Å². The van der Waals surface area contributed by atoms with Gasteiger partial charge in [0.25, 0.3) is 0 Å². The molecule has 4 atom stereocenters. The van der Waals surface area contributed by atoms with Gasteiger partial charge in [0.05, 0.1) is 0 Å². The molecule has 0 aliphatic heterocycles. The first-order valence-corrected chi connectivity index (χ1v) is 6.46. The molecule has 3 fully saturated rings. The van der Waals surface area contributed by atoms with Gasteiger partial charge in [-0.1, -0.05) is 6.42 Å². The third kappa shape index (κ3) is 1.32. The van der Waals surface area contributed by atoms with E-state index in [1.165, 1.54) is 19.4 Å². The molecule has 80 valence electrons. The van der Waals surface area contributed by atoms with Gasteiger partial charge in [-0.2, -0.15) is 0 Å². The quantitative estimate of drug-likeness (QED) is 0.711. The smallest absolute Gasteiger partial charge is 0.000501 e. The van der Waals surface area contributed by atoms with Crippen LogP contribution in [0.15, 0.2) is 0 Å². The summed E-state index contributed by atoms with van der Waals surface area (Å²) in [7, 11) is 2.13. The van der Waals surface area contributed by atoms with E-state index in [2.05, 4.69) is 12.4 Å². The molecule has 0 aromatic heterocycles. The molecule has 0 spiro atoms. The summed E-state index contributed by atoms with van der Waals surface area (Å²) in [6.07, 6.45) is 10.8. The van der Waals surface area contributed by atoms with Crippen LogP contribution in [-0.4, -0.2) is 13.6 Å². The Hall–Kier alpha value is -0.0400. The van der Waals surface area contributed by atoms with Crippen LogP contribution in [0.4, 0.5) is 0 Å². The number of rotatable bonds is 2. The van der Waals surface area contributed by atoms with Crippen LogP contribution in [0.1, 0.15) is 44.9 Å². The maximum absolute atomic E-state index is 3.44. The second kappa shape index (κ2) is 3.23. The second-order valence-electron chi connectivity index (χ2n) is 6.18. The summed E-state index contributed by atoms with van der Waals surface area (Å²) in [6, 6.07) is 0. The molecule has 0 saturated heterocycles. The van der Waals surface area contributed by atoms with Gasteiger partial charge in [-0.25, -0.2) is 0 Å². The van der Waals surface area contributed by atoms with Crippen molar-refractivity contribution in [3.63, 3.8) is 0 Å². The minimum absolute atomic E-state index is 0.721. The summed E-state index contributed by atoms with van der Waals surface area (Å²) in [5.74, 6) is 3.33. The molecule has 0 aromatic carbocycles. The van der Waals surface area contributed by atoms with Crippen molar-refractivity contribution >= 4 is 0 Å². The molecular weight excluding hydrogens is 170 g/mol. The van der Waals surface area contributed by atoms with E-state index in [-0.39, 0.29) is 0 Å². The first kappa shape index (κ1) is 9.21. The second-order valence-corrected chi connectivity index (χ2v) is 6.18. The standard InChI is InChI=1S/C13H23N/c1-14-9-13-5-4-11-3-2-10(7-13)6-12(11)8-13/h10-12,14H,2-9H2,1H3. The highest BCUT2D eigenvalue weighted by Crippen LogP contribution is 2.57. The van der Waals surface area contributed by atoms with E-state index in [1.807, 2.05) is 0 Å². The number of nitrogens with one attached hydrogen (secondary N) is 1. The van der Waals surface area contributed by atoms with E-state index >= 15 is 0 Å². The summed E-state index contributed by atoms with van der Waals surface area (Å²) in [5.41, 5.74) is 0.721. The first-order valence-electron chi connectivity index (χ1n) is 6.46. The highest BCUT2D eigenvalue weighted by atomic mass is 14.8. The fourth-order valence-corrected chi connectivity index (χ4v) is 4.79. The van der Waals surface area contributed by atoms with Crippen molar-refractivity contribution in [1.82, 2.24) is 5.32 Å². The summed E-state index contributed by atoms with van der Waals surface area (Å²) in [4.78, 5) is 0. The molecule has 0 heterocycles. The zero-order chi connectivity index (χ0) is 9.60. The Kier molecular flexibility index (Phi) is 2.12. The Balaban J connectivity index is 1.82. The van der Waals surface area contributed by atoms with Gasteiger partial charge in [0, 0.05) is 6.54 Å². The highest BCUT2D eigenvalue weighted by molar-refractivity contribution is 5.00. The summed E-state index contributed by atoms with van der Waals surface area (Å²) >= 11 is 0. The largest absolute Gasteiger partial charge is 0.319 e. The molecule has 3 bridgehead atoms. The topological polar surface area (TPSA) is 12.0 Å². The maximum Gasteiger partial charge on any atom is 0.000501 e. The van der Waals surface area contributed by atoms with Crippen molar-refractivity contribution in [2.45, 2.75) is 44.9 Å². The van der Waals surface area contributed by atoms with Crippen LogP contribution in [0.3, 0.4) is 0 Å². The SMILES string of the molecule is CNCC12CCC3CCC(CC3C1)C2. The average molecular weight is 193 g/mol. The molecule has 0 aromatic rings. The van der Waals surface area contributed by atoms with Gasteiger partial charge in [0.2, 0.25) is 0 Å². The predicted molar refractivity (Wildman–Crippen MR) is 59.1 cm³/mol. The Labute approximate surface area is 87.7 Å². The van der Waals surface area contributed by atoms with Crippen LogP contribution >= 0.6 is 0 Å². The lowest BCUT2D eigenvalue weighted by molar-refractivity contribution is -0.0323. The Morgan fingerprint density at radius 2 is 2.07 bits per heavy atom. The third-order valence-electron chi connectivity index (χ3n) is 5.26. The van der Waals surface area contributed by atoms with Crippen molar-refractivity contribution in [2.75, 3.05) is 13.6 Å². The maximum atomic E-state index is 3.44. The zero-order valence-corrected chi connectivity index (χ0v) is 9.39. The molecule has 1 heteroatoms. The minimum atomic E-state index is 0.721. The van der Waals surface area contributed by atoms with Crippen molar-refractivity contribution < 1.29 is 0 Å². The van der Waals surface area contributed by atoms with Gasteiger partial charge in [0.15, 0.2) is 0 Å². The predicted octanol–water partition coefficient (Wildman–Crippen LogP) is 2.81. The molecule has 14 heavy (non-hydrogen) atoms. The van der Waals surface area contributed by atoms with Gasteiger partial charge in [0.1, 0.15) is 0 Å². The van der Waals surface area contributed by atoms with Gasteiger partial charge < -0.3 is 5.32 Å². The minimum Gasteiger partial charge on any atom is -0.319 e.